The van der Waals surface area contributed by atoms with Crippen molar-refractivity contribution in [1.82, 2.24) is 9.97 Å². The van der Waals surface area contributed by atoms with Gasteiger partial charge in [0, 0.05) is 21.9 Å². The van der Waals surface area contributed by atoms with Crippen molar-refractivity contribution in [3.8, 4) is 67.2 Å². The van der Waals surface area contributed by atoms with Crippen molar-refractivity contribution in [2.45, 2.75) is 0 Å². The van der Waals surface area contributed by atoms with E-state index in [-0.39, 0.29) is 0 Å². The summed E-state index contributed by atoms with van der Waals surface area (Å²) in [6.07, 6.45) is 0. The molecule has 0 bridgehead atoms. The molecule has 270 valence electrons. The summed E-state index contributed by atoms with van der Waals surface area (Å²) in [6.45, 7) is 0. The molecule has 2 nitrogen and oxygen atoms in total. The number of fused-ring (bicyclic) bond motifs is 5. The van der Waals surface area contributed by atoms with Crippen LogP contribution in [0.2, 0.25) is 0 Å². The van der Waals surface area contributed by atoms with Crippen LogP contribution >= 0.6 is 0 Å². The Morgan fingerprint density at radius 2 is 0.672 bits per heavy atom. The highest BCUT2D eigenvalue weighted by Crippen LogP contribution is 2.37. The number of nitrogens with zero attached hydrogens (tertiary/aromatic N) is 2. The largest absolute Gasteiger partial charge is 0.227 e. The van der Waals surface area contributed by atoms with Crippen LogP contribution in [-0.4, -0.2) is 9.97 Å². The maximum atomic E-state index is 5.31. The molecule has 0 amide bonds. The van der Waals surface area contributed by atoms with E-state index in [0.717, 1.165) is 49.6 Å². The van der Waals surface area contributed by atoms with Crippen molar-refractivity contribution in [2.75, 3.05) is 0 Å². The summed E-state index contributed by atoms with van der Waals surface area (Å²) in [4.78, 5) is 10.6. The van der Waals surface area contributed by atoms with E-state index < -0.39 is 0 Å². The lowest BCUT2D eigenvalue weighted by Gasteiger charge is -2.13. The molecule has 11 aromatic rings. The van der Waals surface area contributed by atoms with Gasteiger partial charge in [0.1, 0.15) is 0 Å². The number of hydrogen-bond acceptors (Lipinski definition) is 2. The molecule has 0 unspecified atom stereocenters. The first-order valence-electron chi connectivity index (χ1n) is 19.8. The molecule has 10 aromatic carbocycles. The molecule has 11 rings (SSSR count). The second-order valence-corrected chi connectivity index (χ2v) is 14.9. The van der Waals surface area contributed by atoms with Crippen LogP contribution in [0.5, 0.6) is 0 Å². The van der Waals surface area contributed by atoms with Crippen LogP contribution in [0, 0.1) is 0 Å². The number of rotatable bonds is 6. The monoisotopic (exact) mass is 736 g/mol. The molecule has 0 aliphatic heterocycles. The summed E-state index contributed by atoms with van der Waals surface area (Å²) in [5, 5.41) is 8.33. The molecule has 0 fully saturated rings. The Labute approximate surface area is 337 Å². The van der Waals surface area contributed by atoms with Gasteiger partial charge in [-0.15, -0.1) is 0 Å². The lowest BCUT2D eigenvalue weighted by molar-refractivity contribution is 1.23. The quantitative estimate of drug-likeness (QED) is 0.159. The van der Waals surface area contributed by atoms with Gasteiger partial charge in [0.15, 0.2) is 5.82 Å². The molecule has 0 atom stereocenters. The fourth-order valence-corrected chi connectivity index (χ4v) is 8.53. The SMILES string of the molecule is c1cc(-c2ccc(-c3nc(-c4ccc(-c5cccc(-c6cccc7ccccc67)c5)cc4)c4ccc5ccccc5c4n3)cc2)cc(-c2cccc3ccccc23)c1. The van der Waals surface area contributed by atoms with Gasteiger partial charge in [-0.2, -0.15) is 0 Å². The summed E-state index contributed by atoms with van der Waals surface area (Å²) >= 11 is 0. The van der Waals surface area contributed by atoms with Crippen LogP contribution in [-0.2, 0) is 0 Å². The number of hydrogen-bond donors (Lipinski definition) is 0. The zero-order valence-electron chi connectivity index (χ0n) is 31.7. The third kappa shape index (κ3) is 6.00. The zero-order valence-corrected chi connectivity index (χ0v) is 31.7. The molecule has 0 aliphatic carbocycles. The predicted octanol–water partition coefficient (Wildman–Crippen LogP) is 15.1. The van der Waals surface area contributed by atoms with Crippen molar-refractivity contribution in [2.24, 2.45) is 0 Å². The highest BCUT2D eigenvalue weighted by Gasteiger charge is 2.15. The van der Waals surface area contributed by atoms with Crippen molar-refractivity contribution in [3.05, 3.63) is 218 Å². The fourth-order valence-electron chi connectivity index (χ4n) is 8.53. The summed E-state index contributed by atoms with van der Waals surface area (Å²) in [7, 11) is 0. The molecule has 0 radical (unpaired) electrons. The minimum absolute atomic E-state index is 0.710. The highest BCUT2D eigenvalue weighted by molar-refractivity contribution is 6.10. The van der Waals surface area contributed by atoms with E-state index in [1.807, 2.05) is 0 Å². The van der Waals surface area contributed by atoms with E-state index in [1.54, 1.807) is 0 Å². The van der Waals surface area contributed by atoms with Crippen molar-refractivity contribution in [1.29, 1.82) is 0 Å². The Kier molecular flexibility index (Phi) is 8.19. The Morgan fingerprint density at radius 3 is 1.24 bits per heavy atom. The summed E-state index contributed by atoms with van der Waals surface area (Å²) in [6, 6.07) is 78.3. The maximum absolute atomic E-state index is 5.31. The molecule has 0 saturated heterocycles. The average Bonchev–Trinajstić information content (AvgIpc) is 3.31. The minimum Gasteiger partial charge on any atom is -0.227 e. The fraction of sp³-hybridized carbons (Fsp3) is 0. The third-order valence-electron chi connectivity index (χ3n) is 11.5. The van der Waals surface area contributed by atoms with Gasteiger partial charge < -0.3 is 0 Å². The number of aromatic nitrogens is 2. The number of benzene rings is 10. The molecule has 0 N–H and O–H groups in total. The normalized spacial score (nSPS) is 11.4. The molecule has 0 saturated carbocycles. The van der Waals surface area contributed by atoms with Gasteiger partial charge in [-0.25, -0.2) is 9.97 Å². The van der Waals surface area contributed by atoms with Crippen molar-refractivity contribution < 1.29 is 0 Å². The van der Waals surface area contributed by atoms with Crippen molar-refractivity contribution >= 4 is 43.2 Å². The summed E-state index contributed by atoms with van der Waals surface area (Å²) in [5.74, 6) is 0.710. The van der Waals surface area contributed by atoms with Crippen LogP contribution < -0.4 is 0 Å². The third-order valence-corrected chi connectivity index (χ3v) is 11.5. The van der Waals surface area contributed by atoms with Crippen LogP contribution in [0.15, 0.2) is 218 Å². The lowest BCUT2D eigenvalue weighted by atomic mass is 9.94. The molecule has 1 aromatic heterocycles. The molecular weight excluding hydrogens is 701 g/mol. The van der Waals surface area contributed by atoms with Crippen LogP contribution in [0.25, 0.3) is 110 Å². The molecular formula is C56H36N2. The van der Waals surface area contributed by atoms with Crippen LogP contribution in [0.1, 0.15) is 0 Å². The van der Waals surface area contributed by atoms with Gasteiger partial charge in [-0.05, 0) is 89.6 Å². The Balaban J connectivity index is 0.965. The Hall–Kier alpha value is -7.68. The first-order valence-corrected chi connectivity index (χ1v) is 19.8. The smallest absolute Gasteiger partial charge is 0.160 e. The molecule has 58 heavy (non-hydrogen) atoms. The minimum atomic E-state index is 0.710. The first-order chi connectivity index (χ1) is 28.7. The van der Waals surface area contributed by atoms with E-state index in [2.05, 4.69) is 218 Å². The average molecular weight is 737 g/mol. The summed E-state index contributed by atoms with van der Waals surface area (Å²) < 4.78 is 0. The van der Waals surface area contributed by atoms with Crippen molar-refractivity contribution in [3.63, 3.8) is 0 Å². The molecule has 2 heteroatoms. The topological polar surface area (TPSA) is 25.8 Å². The van der Waals surface area contributed by atoms with Gasteiger partial charge in [0.25, 0.3) is 0 Å². The zero-order chi connectivity index (χ0) is 38.4. The van der Waals surface area contributed by atoms with Gasteiger partial charge in [0.05, 0.1) is 11.2 Å². The van der Waals surface area contributed by atoms with Crippen LogP contribution in [0.4, 0.5) is 0 Å². The Morgan fingerprint density at radius 1 is 0.241 bits per heavy atom. The van der Waals surface area contributed by atoms with Gasteiger partial charge >= 0.3 is 0 Å². The first kappa shape index (κ1) is 33.6. The van der Waals surface area contributed by atoms with E-state index in [9.17, 15) is 0 Å². The second kappa shape index (κ2) is 14.1. The lowest BCUT2D eigenvalue weighted by Crippen LogP contribution is -1.96. The van der Waals surface area contributed by atoms with Gasteiger partial charge in [-0.3, -0.25) is 0 Å². The van der Waals surface area contributed by atoms with E-state index in [0.29, 0.717) is 5.82 Å². The standard InChI is InChI=1S/C56H36N2/c1-4-20-48-39(11-1)14-9-23-50(48)46-18-7-16-44(35-46)37-25-29-42(30-26-37)54-53-34-33-41-13-3-6-22-52(41)55(53)58-56(57-54)43-31-27-38(28-32-43)45-17-8-19-47(36-45)51-24-10-15-40-12-2-5-21-49(40)51/h1-36H. The van der Waals surface area contributed by atoms with Gasteiger partial charge in [0.2, 0.25) is 0 Å². The predicted molar refractivity (Wildman–Crippen MR) is 245 cm³/mol. The van der Waals surface area contributed by atoms with E-state index in [1.165, 1.54) is 54.9 Å². The molecule has 0 spiro atoms. The molecule has 0 aliphatic rings. The molecule has 1 heterocycles. The Bertz CT molecular complexity index is 3310. The van der Waals surface area contributed by atoms with E-state index in [4.69, 9.17) is 9.97 Å². The van der Waals surface area contributed by atoms with E-state index >= 15 is 0 Å². The van der Waals surface area contributed by atoms with Crippen LogP contribution in [0.3, 0.4) is 0 Å². The van der Waals surface area contributed by atoms with Gasteiger partial charge in [-0.1, -0.05) is 200 Å². The highest BCUT2D eigenvalue weighted by atomic mass is 14.9. The second-order valence-electron chi connectivity index (χ2n) is 14.9. The maximum Gasteiger partial charge on any atom is 0.160 e. The summed E-state index contributed by atoms with van der Waals surface area (Å²) in [5.41, 5.74) is 13.5.